The van der Waals surface area contributed by atoms with Crippen LogP contribution in [-0.2, 0) is 15.3 Å². The van der Waals surface area contributed by atoms with Crippen LogP contribution in [0, 0.1) is 5.82 Å². The number of carbonyl (C=O) groups is 2. The Labute approximate surface area is 172 Å². The molecule has 2 aromatic carbocycles. The molecule has 0 aliphatic carbocycles. The van der Waals surface area contributed by atoms with Gasteiger partial charge in [-0.25, -0.2) is 4.39 Å². The number of halogens is 1. The Morgan fingerprint density at radius 1 is 1.08 bits per heavy atom. The molecule has 130 valence electrons. The van der Waals surface area contributed by atoms with Crippen molar-refractivity contribution < 1.29 is 57.1 Å². The number of carbonyl (C=O) groups excluding carboxylic acids is 2. The van der Waals surface area contributed by atoms with Gasteiger partial charge in [0.15, 0.2) is 0 Å². The summed E-state index contributed by atoms with van der Waals surface area (Å²) in [6.45, 7) is 0. The van der Waals surface area contributed by atoms with E-state index in [1.165, 1.54) is 36.4 Å². The van der Waals surface area contributed by atoms with Gasteiger partial charge in [0.05, 0.1) is 11.7 Å². The van der Waals surface area contributed by atoms with Gasteiger partial charge in [0.25, 0.3) is 5.91 Å². The predicted octanol–water partition coefficient (Wildman–Crippen LogP) is -1.86. The molecule has 2 aromatic rings. The molecule has 0 radical (unpaired) electrons. The summed E-state index contributed by atoms with van der Waals surface area (Å²) in [5.74, 6) is -2.44. The standard InChI is InChI=1S/C16H13FN2O5S.Na/c17-12-5-1-10(2-6-12)14(9-15(20)21)18-16(22)11-3-7-13(8-4-11)19-25(23)24;/h1-8,14H,9H2,(H,18,22)(H,20,21);/q;+1/p-1. The van der Waals surface area contributed by atoms with Crippen LogP contribution in [0.5, 0.6) is 0 Å². The van der Waals surface area contributed by atoms with Crippen molar-refractivity contribution in [2.45, 2.75) is 12.5 Å². The second-order valence-electron chi connectivity index (χ2n) is 5.01. The number of nitrogens with zero attached hydrogens (tertiary/aromatic N) is 1. The van der Waals surface area contributed by atoms with Gasteiger partial charge in [0.2, 0.25) is 0 Å². The van der Waals surface area contributed by atoms with Crippen molar-refractivity contribution in [3.63, 3.8) is 0 Å². The van der Waals surface area contributed by atoms with E-state index < -0.39 is 40.7 Å². The fourth-order valence-corrected chi connectivity index (χ4v) is 2.41. The van der Waals surface area contributed by atoms with E-state index in [1.807, 2.05) is 0 Å². The minimum atomic E-state index is -2.60. The summed E-state index contributed by atoms with van der Waals surface area (Å²) in [4.78, 5) is 23.2. The summed E-state index contributed by atoms with van der Waals surface area (Å²) in [6, 6.07) is 9.50. The molecule has 0 saturated heterocycles. The van der Waals surface area contributed by atoms with Crippen LogP contribution in [0.15, 0.2) is 52.9 Å². The first kappa shape index (κ1) is 22.0. The molecule has 0 saturated carbocycles. The summed E-state index contributed by atoms with van der Waals surface area (Å²) in [5, 5.41) is 13.4. The van der Waals surface area contributed by atoms with Gasteiger partial charge in [-0.05, 0) is 42.0 Å². The monoisotopic (exact) mass is 386 g/mol. The number of hydrogen-bond acceptors (Lipinski definition) is 6. The quantitative estimate of drug-likeness (QED) is 0.585. The van der Waals surface area contributed by atoms with Crippen LogP contribution in [0.3, 0.4) is 0 Å². The van der Waals surface area contributed by atoms with E-state index in [0.29, 0.717) is 5.56 Å². The summed E-state index contributed by atoms with van der Waals surface area (Å²) >= 11 is 0. The molecule has 2 rings (SSSR count). The summed E-state index contributed by atoms with van der Waals surface area (Å²) < 4.78 is 37.2. The number of nitrogens with one attached hydrogen (secondary N) is 1. The predicted molar refractivity (Wildman–Crippen MR) is 83.7 cm³/mol. The molecule has 0 spiro atoms. The van der Waals surface area contributed by atoms with Crippen LogP contribution in [0.1, 0.15) is 28.4 Å². The SMILES string of the molecule is O=C([O-])CC(NC(=O)c1ccc(N=S(=O)=O)cc1)c1ccc(F)cc1.[Na+]. The number of amides is 1. The summed E-state index contributed by atoms with van der Waals surface area (Å²) in [6.07, 6.45) is -0.486. The van der Waals surface area contributed by atoms with E-state index in [4.69, 9.17) is 0 Å². The van der Waals surface area contributed by atoms with Crippen molar-refractivity contribution in [3.8, 4) is 0 Å². The summed E-state index contributed by atoms with van der Waals surface area (Å²) in [5.41, 5.74) is 0.739. The molecule has 0 heterocycles. The Hall–Kier alpha value is -2.07. The molecule has 7 nitrogen and oxygen atoms in total. The van der Waals surface area contributed by atoms with Gasteiger partial charge in [-0.1, -0.05) is 12.1 Å². The first-order chi connectivity index (χ1) is 11.8. The van der Waals surface area contributed by atoms with Crippen LogP contribution in [-0.4, -0.2) is 20.3 Å². The largest absolute Gasteiger partial charge is 1.00 e. The average Bonchev–Trinajstić information content (AvgIpc) is 2.54. The van der Waals surface area contributed by atoms with Crippen LogP contribution in [0.2, 0.25) is 0 Å². The Morgan fingerprint density at radius 3 is 2.15 bits per heavy atom. The maximum atomic E-state index is 13.0. The Kier molecular flexibility index (Phi) is 8.59. The van der Waals surface area contributed by atoms with E-state index in [0.717, 1.165) is 12.1 Å². The van der Waals surface area contributed by atoms with Gasteiger partial charge in [-0.2, -0.15) is 8.42 Å². The zero-order chi connectivity index (χ0) is 18.4. The van der Waals surface area contributed by atoms with Gasteiger partial charge in [0.1, 0.15) is 5.82 Å². The molecular formula is C16H12FN2NaO5S. The van der Waals surface area contributed by atoms with E-state index >= 15 is 0 Å². The van der Waals surface area contributed by atoms with Crippen LogP contribution >= 0.6 is 0 Å². The molecule has 1 amide bonds. The maximum Gasteiger partial charge on any atom is 1.00 e. The second-order valence-corrected chi connectivity index (χ2v) is 5.63. The third kappa shape index (κ3) is 6.68. The van der Waals surface area contributed by atoms with E-state index in [1.54, 1.807) is 0 Å². The third-order valence-electron chi connectivity index (χ3n) is 3.26. The topological polar surface area (TPSA) is 116 Å². The average molecular weight is 386 g/mol. The molecule has 1 atom stereocenters. The molecule has 0 fully saturated rings. The number of hydrogen-bond donors (Lipinski definition) is 1. The van der Waals surface area contributed by atoms with Gasteiger partial charge in [-0.3, -0.25) is 4.79 Å². The van der Waals surface area contributed by atoms with Gasteiger partial charge < -0.3 is 15.2 Å². The first-order valence-corrected chi connectivity index (χ1v) is 8.05. The number of aliphatic carboxylic acids is 1. The minimum absolute atomic E-state index is 0. The molecule has 0 aromatic heterocycles. The van der Waals surface area contributed by atoms with E-state index in [9.17, 15) is 27.5 Å². The molecule has 1 unspecified atom stereocenters. The smallest absolute Gasteiger partial charge is 0.550 e. The zero-order valence-corrected chi connectivity index (χ0v) is 16.5. The van der Waals surface area contributed by atoms with Crippen LogP contribution in [0.4, 0.5) is 10.1 Å². The van der Waals surface area contributed by atoms with Crippen molar-refractivity contribution in [1.82, 2.24) is 5.32 Å². The molecule has 0 aliphatic rings. The Balaban J connectivity index is 0.00000338. The van der Waals surface area contributed by atoms with Gasteiger partial charge in [0, 0.05) is 18.0 Å². The van der Waals surface area contributed by atoms with Crippen molar-refractivity contribution in [2.24, 2.45) is 4.36 Å². The molecule has 26 heavy (non-hydrogen) atoms. The van der Waals surface area contributed by atoms with Gasteiger partial charge >= 0.3 is 40.1 Å². The van der Waals surface area contributed by atoms with E-state index in [-0.39, 0.29) is 40.8 Å². The molecule has 1 N–H and O–H groups in total. The molecule has 0 bridgehead atoms. The normalized spacial score (nSPS) is 11.0. The van der Waals surface area contributed by atoms with Crippen molar-refractivity contribution in [2.75, 3.05) is 0 Å². The number of rotatable bonds is 6. The van der Waals surface area contributed by atoms with Crippen LogP contribution < -0.4 is 40.0 Å². The second kappa shape index (κ2) is 10.2. The number of benzene rings is 2. The maximum absolute atomic E-state index is 13.0. The summed E-state index contributed by atoms with van der Waals surface area (Å²) in [7, 11) is -2.60. The third-order valence-corrected chi connectivity index (χ3v) is 3.62. The fraction of sp³-hybridized carbons (Fsp3) is 0.125. The fourth-order valence-electron chi connectivity index (χ4n) is 2.12. The number of carboxylic acids is 1. The van der Waals surface area contributed by atoms with Crippen LogP contribution in [0.25, 0.3) is 0 Å². The van der Waals surface area contributed by atoms with E-state index in [2.05, 4.69) is 9.68 Å². The minimum Gasteiger partial charge on any atom is -0.550 e. The molecule has 0 aliphatic heterocycles. The van der Waals surface area contributed by atoms with Crippen molar-refractivity contribution in [3.05, 3.63) is 65.5 Å². The zero-order valence-electron chi connectivity index (χ0n) is 13.7. The van der Waals surface area contributed by atoms with Crippen molar-refractivity contribution >= 4 is 28.1 Å². The Morgan fingerprint density at radius 2 is 1.65 bits per heavy atom. The number of carboxylic acid groups (broad SMARTS) is 1. The molecule has 10 heteroatoms. The molecular weight excluding hydrogens is 374 g/mol. The first-order valence-electron chi connectivity index (χ1n) is 7.02. The Bertz CT molecular complexity index is 907. The van der Waals surface area contributed by atoms with Gasteiger partial charge in [-0.15, -0.1) is 4.36 Å². The van der Waals surface area contributed by atoms with Crippen molar-refractivity contribution in [1.29, 1.82) is 0 Å².